The zero-order valence-electron chi connectivity index (χ0n) is 13.4. The number of benzene rings is 1. The van der Waals surface area contributed by atoms with Crippen molar-refractivity contribution in [1.29, 1.82) is 0 Å². The number of rotatable bonds is 1. The van der Waals surface area contributed by atoms with E-state index in [4.69, 9.17) is 12.2 Å². The lowest BCUT2D eigenvalue weighted by molar-refractivity contribution is 0.0938. The number of carbonyl (C=O) groups excluding carboxylic acids is 1. The highest BCUT2D eigenvalue weighted by atomic mass is 32.1. The average Bonchev–Trinajstić information content (AvgIpc) is 2.47. The van der Waals surface area contributed by atoms with E-state index in [0.717, 1.165) is 4.68 Å². The second-order valence-corrected chi connectivity index (χ2v) is 6.51. The van der Waals surface area contributed by atoms with E-state index < -0.39 is 5.91 Å². The topological polar surface area (TPSA) is 88.1 Å². The predicted octanol–water partition coefficient (Wildman–Crippen LogP) is 0.841. The Morgan fingerprint density at radius 3 is 2.39 bits per heavy atom. The van der Waals surface area contributed by atoms with Gasteiger partial charge in [0.25, 0.3) is 11.5 Å². The van der Waals surface area contributed by atoms with Crippen LogP contribution in [0.15, 0.2) is 29.1 Å². The molecule has 0 spiro atoms. The number of carbonyl (C=O) groups is 1. The zero-order valence-corrected chi connectivity index (χ0v) is 14.2. The van der Waals surface area contributed by atoms with Crippen molar-refractivity contribution in [3.8, 4) is 0 Å². The standard InChI is InChI=1S/C15H19N5O2S/c1-15(2,3)16-14(23)18-17-12(21)11-9-7-5-6-8-10(9)13(22)20(4)19-11/h5-8H,1-4H3,(H,17,21)(H2,16,18,23). The summed E-state index contributed by atoms with van der Waals surface area (Å²) in [5.41, 5.74) is 4.79. The highest BCUT2D eigenvalue weighted by Crippen LogP contribution is 2.12. The van der Waals surface area contributed by atoms with Crippen LogP contribution in [0, 0.1) is 0 Å². The van der Waals surface area contributed by atoms with Crippen LogP contribution in [0.2, 0.25) is 0 Å². The summed E-state index contributed by atoms with van der Waals surface area (Å²) >= 11 is 5.10. The summed E-state index contributed by atoms with van der Waals surface area (Å²) in [5, 5.41) is 8.27. The van der Waals surface area contributed by atoms with E-state index in [1.165, 1.54) is 7.05 Å². The molecule has 0 fully saturated rings. The second-order valence-electron chi connectivity index (χ2n) is 6.11. The predicted molar refractivity (Wildman–Crippen MR) is 93.1 cm³/mol. The summed E-state index contributed by atoms with van der Waals surface area (Å²) in [5.74, 6) is -0.477. The van der Waals surface area contributed by atoms with Crippen molar-refractivity contribution >= 4 is 34.0 Å². The van der Waals surface area contributed by atoms with Crippen molar-refractivity contribution in [3.63, 3.8) is 0 Å². The van der Waals surface area contributed by atoms with Gasteiger partial charge >= 0.3 is 0 Å². The Hall–Kier alpha value is -2.48. The molecule has 1 amide bonds. The van der Waals surface area contributed by atoms with Crippen molar-refractivity contribution in [2.24, 2.45) is 7.05 Å². The lowest BCUT2D eigenvalue weighted by Gasteiger charge is -2.23. The fraction of sp³-hybridized carbons (Fsp3) is 0.333. The third-order valence-corrected chi connectivity index (χ3v) is 3.15. The van der Waals surface area contributed by atoms with E-state index in [1.807, 2.05) is 20.8 Å². The third kappa shape index (κ3) is 4.04. The summed E-state index contributed by atoms with van der Waals surface area (Å²) in [6, 6.07) is 6.84. The molecular weight excluding hydrogens is 314 g/mol. The van der Waals surface area contributed by atoms with Crippen LogP contribution < -0.4 is 21.7 Å². The fourth-order valence-corrected chi connectivity index (χ4v) is 2.37. The lowest BCUT2D eigenvalue weighted by Crippen LogP contribution is -2.52. The van der Waals surface area contributed by atoms with Crippen molar-refractivity contribution < 1.29 is 4.79 Å². The Balaban J connectivity index is 2.24. The number of aromatic nitrogens is 2. The van der Waals surface area contributed by atoms with Crippen LogP contribution in [0.1, 0.15) is 31.3 Å². The van der Waals surface area contributed by atoms with Gasteiger partial charge in [0, 0.05) is 18.0 Å². The molecule has 1 heterocycles. The minimum Gasteiger partial charge on any atom is -0.357 e. The van der Waals surface area contributed by atoms with E-state index in [1.54, 1.807) is 24.3 Å². The van der Waals surface area contributed by atoms with Crippen molar-refractivity contribution in [2.75, 3.05) is 0 Å². The van der Waals surface area contributed by atoms with Gasteiger partial charge < -0.3 is 5.32 Å². The number of hydrogen-bond donors (Lipinski definition) is 3. The van der Waals surface area contributed by atoms with Gasteiger partial charge in [-0.3, -0.25) is 20.4 Å². The number of aryl methyl sites for hydroxylation is 1. The Morgan fingerprint density at radius 1 is 1.17 bits per heavy atom. The van der Waals surface area contributed by atoms with Gasteiger partial charge in [0.15, 0.2) is 10.8 Å². The van der Waals surface area contributed by atoms with Gasteiger partial charge in [0.05, 0.1) is 5.39 Å². The molecule has 0 aliphatic carbocycles. The van der Waals surface area contributed by atoms with Crippen LogP contribution in [-0.4, -0.2) is 26.3 Å². The fourth-order valence-electron chi connectivity index (χ4n) is 2.01. The molecule has 122 valence electrons. The van der Waals surface area contributed by atoms with Crippen LogP contribution in [0.25, 0.3) is 10.8 Å². The summed E-state index contributed by atoms with van der Waals surface area (Å²) < 4.78 is 1.14. The molecule has 3 N–H and O–H groups in total. The second kappa shape index (κ2) is 6.33. The summed E-state index contributed by atoms with van der Waals surface area (Å²) in [4.78, 5) is 24.4. The molecule has 2 rings (SSSR count). The van der Waals surface area contributed by atoms with Crippen molar-refractivity contribution in [3.05, 3.63) is 40.3 Å². The summed E-state index contributed by atoms with van der Waals surface area (Å²) in [6.45, 7) is 5.85. The molecule has 23 heavy (non-hydrogen) atoms. The van der Waals surface area contributed by atoms with E-state index in [-0.39, 0.29) is 16.8 Å². The maximum Gasteiger partial charge on any atom is 0.290 e. The molecule has 0 aliphatic rings. The van der Waals surface area contributed by atoms with Crippen LogP contribution in [0.4, 0.5) is 0 Å². The summed E-state index contributed by atoms with van der Waals surface area (Å²) in [7, 11) is 1.50. The summed E-state index contributed by atoms with van der Waals surface area (Å²) in [6.07, 6.45) is 0. The molecule has 0 atom stereocenters. The first kappa shape index (κ1) is 16.9. The molecule has 2 aromatic rings. The molecular formula is C15H19N5O2S. The SMILES string of the molecule is Cn1nc(C(=O)NNC(=S)NC(C)(C)C)c2ccccc2c1=O. The molecule has 0 saturated heterocycles. The number of nitrogens with zero attached hydrogens (tertiary/aromatic N) is 2. The molecule has 0 unspecified atom stereocenters. The van der Waals surface area contributed by atoms with Crippen molar-refractivity contribution in [2.45, 2.75) is 26.3 Å². The first-order valence-corrected chi connectivity index (χ1v) is 7.44. The molecule has 0 radical (unpaired) electrons. The van der Waals surface area contributed by atoms with Gasteiger partial charge in [-0.25, -0.2) is 4.68 Å². The Kier molecular flexibility index (Phi) is 4.65. The van der Waals surface area contributed by atoms with Gasteiger partial charge in [-0.1, -0.05) is 18.2 Å². The van der Waals surface area contributed by atoms with Gasteiger partial charge in [0.2, 0.25) is 0 Å². The monoisotopic (exact) mass is 333 g/mol. The van der Waals surface area contributed by atoms with E-state index in [2.05, 4.69) is 21.3 Å². The van der Waals surface area contributed by atoms with Crippen LogP contribution in [-0.2, 0) is 7.05 Å². The molecule has 8 heteroatoms. The van der Waals surface area contributed by atoms with E-state index in [0.29, 0.717) is 15.9 Å². The maximum atomic E-state index is 12.4. The van der Waals surface area contributed by atoms with Crippen molar-refractivity contribution in [1.82, 2.24) is 25.9 Å². The van der Waals surface area contributed by atoms with Gasteiger partial charge in [0.1, 0.15) is 0 Å². The number of amides is 1. The minimum atomic E-state index is -0.477. The van der Waals surface area contributed by atoms with Crippen LogP contribution >= 0.6 is 12.2 Å². The first-order chi connectivity index (χ1) is 10.7. The highest BCUT2D eigenvalue weighted by Gasteiger charge is 2.16. The number of nitrogens with one attached hydrogen (secondary N) is 3. The molecule has 0 aliphatic heterocycles. The minimum absolute atomic E-state index is 0.147. The molecule has 7 nitrogen and oxygen atoms in total. The Bertz CT molecular complexity index is 823. The Morgan fingerprint density at radius 2 is 1.78 bits per heavy atom. The molecule has 1 aromatic carbocycles. The normalized spacial score (nSPS) is 11.1. The molecule has 0 bridgehead atoms. The lowest BCUT2D eigenvalue weighted by atomic mass is 10.1. The van der Waals surface area contributed by atoms with Crippen LogP contribution in [0.3, 0.4) is 0 Å². The third-order valence-electron chi connectivity index (χ3n) is 2.95. The highest BCUT2D eigenvalue weighted by molar-refractivity contribution is 7.80. The van der Waals surface area contributed by atoms with E-state index in [9.17, 15) is 9.59 Å². The average molecular weight is 333 g/mol. The molecule has 1 aromatic heterocycles. The van der Waals surface area contributed by atoms with Crippen LogP contribution in [0.5, 0.6) is 0 Å². The number of hydrazine groups is 1. The van der Waals surface area contributed by atoms with Gasteiger partial charge in [-0.2, -0.15) is 5.10 Å². The smallest absolute Gasteiger partial charge is 0.290 e. The number of fused-ring (bicyclic) bond motifs is 1. The number of hydrogen-bond acceptors (Lipinski definition) is 4. The largest absolute Gasteiger partial charge is 0.357 e. The van der Waals surface area contributed by atoms with E-state index >= 15 is 0 Å². The Labute approximate surface area is 139 Å². The first-order valence-electron chi connectivity index (χ1n) is 7.03. The van der Waals surface area contributed by atoms with Gasteiger partial charge in [-0.15, -0.1) is 0 Å². The number of thiocarbonyl (C=S) groups is 1. The van der Waals surface area contributed by atoms with Gasteiger partial charge in [-0.05, 0) is 39.1 Å². The quantitative estimate of drug-likeness (QED) is 0.529. The maximum absolute atomic E-state index is 12.4. The molecule has 0 saturated carbocycles. The zero-order chi connectivity index (χ0) is 17.2.